The Balaban J connectivity index is 1.72. The van der Waals surface area contributed by atoms with Gasteiger partial charge < -0.3 is 15.0 Å². The van der Waals surface area contributed by atoms with Crippen molar-refractivity contribution in [1.29, 1.82) is 0 Å². The number of nitrogens with one attached hydrogen (secondary N) is 2. The zero-order chi connectivity index (χ0) is 17.3. The van der Waals surface area contributed by atoms with Crippen LogP contribution in [0.1, 0.15) is 24.8 Å². The van der Waals surface area contributed by atoms with E-state index in [1.165, 1.54) is 7.05 Å². The van der Waals surface area contributed by atoms with Gasteiger partial charge in [0.2, 0.25) is 15.9 Å². The van der Waals surface area contributed by atoms with Gasteiger partial charge in [-0.25, -0.2) is 13.4 Å². The van der Waals surface area contributed by atoms with Crippen molar-refractivity contribution in [3.05, 3.63) is 24.0 Å². The molecular formula is C15H20N4O4S. The summed E-state index contributed by atoms with van der Waals surface area (Å²) in [6.45, 7) is 0.512. The molecule has 1 aromatic carbocycles. The number of carbonyl (C=O) groups excluding carboxylic acids is 1. The second-order valence-corrected chi connectivity index (χ2v) is 8.01. The summed E-state index contributed by atoms with van der Waals surface area (Å²) in [5.41, 5.74) is 2.18. The normalized spacial score (nSPS) is 18.4. The molecule has 130 valence electrons. The fourth-order valence-corrected chi connectivity index (χ4v) is 2.92. The molecule has 9 heteroatoms. The standard InChI is InChI=1S/C15H20N4O4S/c1-19(24(2,21)22)9-14(20)16-10-5-6-11-12(8-10)18-15(17-11)13-4-3-7-23-13/h5-6,8,13H,3-4,7,9H2,1-2H3,(H,16,20)(H,17,18). The summed E-state index contributed by atoms with van der Waals surface area (Å²) in [6, 6.07) is 5.32. The van der Waals surface area contributed by atoms with Gasteiger partial charge in [0.1, 0.15) is 11.9 Å². The van der Waals surface area contributed by atoms with E-state index in [-0.39, 0.29) is 12.6 Å². The van der Waals surface area contributed by atoms with Crippen LogP contribution in [-0.2, 0) is 19.6 Å². The van der Waals surface area contributed by atoms with E-state index in [1.54, 1.807) is 18.2 Å². The van der Waals surface area contributed by atoms with Crippen LogP contribution >= 0.6 is 0 Å². The van der Waals surface area contributed by atoms with E-state index in [0.717, 1.165) is 46.9 Å². The molecule has 3 rings (SSSR count). The molecular weight excluding hydrogens is 332 g/mol. The van der Waals surface area contributed by atoms with Crippen LogP contribution in [0.5, 0.6) is 0 Å². The van der Waals surface area contributed by atoms with Crippen LogP contribution in [0.2, 0.25) is 0 Å². The number of anilines is 1. The number of hydrogen-bond acceptors (Lipinski definition) is 5. The Morgan fingerprint density at radius 1 is 1.50 bits per heavy atom. The quantitative estimate of drug-likeness (QED) is 0.842. The Kier molecular flexibility index (Phi) is 4.57. The first-order valence-corrected chi connectivity index (χ1v) is 9.50. The third kappa shape index (κ3) is 3.74. The van der Waals surface area contributed by atoms with Gasteiger partial charge in [-0.15, -0.1) is 0 Å². The summed E-state index contributed by atoms with van der Waals surface area (Å²) in [5, 5.41) is 2.69. The molecule has 24 heavy (non-hydrogen) atoms. The lowest BCUT2D eigenvalue weighted by atomic mass is 10.2. The zero-order valence-electron chi connectivity index (χ0n) is 13.6. The van der Waals surface area contributed by atoms with Crippen molar-refractivity contribution in [2.24, 2.45) is 0 Å². The third-order valence-electron chi connectivity index (χ3n) is 3.95. The first kappa shape index (κ1) is 16.9. The van der Waals surface area contributed by atoms with Crippen LogP contribution < -0.4 is 5.32 Å². The Morgan fingerprint density at radius 3 is 2.96 bits per heavy atom. The molecule has 1 saturated heterocycles. The van der Waals surface area contributed by atoms with Gasteiger partial charge in [-0.3, -0.25) is 4.79 Å². The van der Waals surface area contributed by atoms with Crippen LogP contribution in [-0.4, -0.2) is 55.1 Å². The van der Waals surface area contributed by atoms with Crippen molar-refractivity contribution in [2.75, 3.05) is 31.8 Å². The van der Waals surface area contributed by atoms with E-state index >= 15 is 0 Å². The molecule has 1 amide bonds. The van der Waals surface area contributed by atoms with Gasteiger partial charge in [0.25, 0.3) is 0 Å². The molecule has 0 aliphatic carbocycles. The summed E-state index contributed by atoms with van der Waals surface area (Å²) < 4.78 is 29.3. The predicted molar refractivity (Wildman–Crippen MR) is 90.1 cm³/mol. The second-order valence-electron chi connectivity index (χ2n) is 5.92. The lowest BCUT2D eigenvalue weighted by Gasteiger charge is -2.13. The molecule has 0 spiro atoms. The number of nitrogens with zero attached hydrogens (tertiary/aromatic N) is 2. The monoisotopic (exact) mass is 352 g/mol. The zero-order valence-corrected chi connectivity index (χ0v) is 14.4. The molecule has 0 bridgehead atoms. The van der Waals surface area contributed by atoms with E-state index in [9.17, 15) is 13.2 Å². The highest BCUT2D eigenvalue weighted by Gasteiger charge is 2.21. The Morgan fingerprint density at radius 2 is 2.29 bits per heavy atom. The largest absolute Gasteiger partial charge is 0.370 e. The maximum atomic E-state index is 12.0. The molecule has 1 aromatic heterocycles. The number of rotatable bonds is 5. The molecule has 2 aromatic rings. The molecule has 2 heterocycles. The Bertz CT molecular complexity index is 855. The number of amides is 1. The van der Waals surface area contributed by atoms with E-state index in [2.05, 4.69) is 15.3 Å². The summed E-state index contributed by atoms with van der Waals surface area (Å²) in [6.07, 6.45) is 3.03. The van der Waals surface area contributed by atoms with Gasteiger partial charge in [-0.2, -0.15) is 4.31 Å². The van der Waals surface area contributed by atoms with Crippen LogP contribution in [0.3, 0.4) is 0 Å². The van der Waals surface area contributed by atoms with E-state index < -0.39 is 15.9 Å². The number of hydrogen-bond donors (Lipinski definition) is 2. The highest BCUT2D eigenvalue weighted by Crippen LogP contribution is 2.28. The van der Waals surface area contributed by atoms with Crippen LogP contribution in [0, 0.1) is 0 Å². The fraction of sp³-hybridized carbons (Fsp3) is 0.467. The molecule has 2 N–H and O–H groups in total. The van der Waals surface area contributed by atoms with E-state index in [1.807, 2.05) is 0 Å². The van der Waals surface area contributed by atoms with Gasteiger partial charge in [0.05, 0.1) is 23.8 Å². The maximum Gasteiger partial charge on any atom is 0.239 e. The summed E-state index contributed by atoms with van der Waals surface area (Å²) in [7, 11) is -2.03. The van der Waals surface area contributed by atoms with Crippen molar-refractivity contribution in [3.8, 4) is 0 Å². The van der Waals surface area contributed by atoms with Crippen molar-refractivity contribution in [3.63, 3.8) is 0 Å². The first-order valence-electron chi connectivity index (χ1n) is 7.65. The van der Waals surface area contributed by atoms with Crippen LogP contribution in [0.15, 0.2) is 18.2 Å². The topological polar surface area (TPSA) is 104 Å². The number of likely N-dealkylation sites (N-methyl/N-ethyl adjacent to an activating group) is 1. The third-order valence-corrected chi connectivity index (χ3v) is 5.21. The number of carbonyl (C=O) groups is 1. The first-order chi connectivity index (χ1) is 11.3. The highest BCUT2D eigenvalue weighted by molar-refractivity contribution is 7.88. The maximum absolute atomic E-state index is 12.0. The van der Waals surface area contributed by atoms with Crippen molar-refractivity contribution in [1.82, 2.24) is 14.3 Å². The van der Waals surface area contributed by atoms with Gasteiger partial charge in [0, 0.05) is 19.3 Å². The molecule has 0 radical (unpaired) electrons. The number of imidazole rings is 1. The summed E-state index contributed by atoms with van der Waals surface area (Å²) >= 11 is 0. The van der Waals surface area contributed by atoms with Gasteiger partial charge in [0.15, 0.2) is 0 Å². The van der Waals surface area contributed by atoms with Gasteiger partial charge >= 0.3 is 0 Å². The number of H-pyrrole nitrogens is 1. The second kappa shape index (κ2) is 6.50. The Hall–Kier alpha value is -1.97. The molecule has 0 saturated carbocycles. The SMILES string of the molecule is CN(CC(=O)Nc1ccc2nc(C3CCCO3)[nH]c2c1)S(C)(=O)=O. The molecule has 1 aliphatic rings. The summed E-state index contributed by atoms with van der Waals surface area (Å²) in [4.78, 5) is 19.7. The fourth-order valence-electron chi connectivity index (χ4n) is 2.57. The lowest BCUT2D eigenvalue weighted by Crippen LogP contribution is -2.34. The van der Waals surface area contributed by atoms with Gasteiger partial charge in [-0.1, -0.05) is 0 Å². The Labute approximate surface area is 140 Å². The lowest BCUT2D eigenvalue weighted by molar-refractivity contribution is -0.116. The molecule has 1 fully saturated rings. The average molecular weight is 352 g/mol. The van der Waals surface area contributed by atoms with Crippen LogP contribution in [0.4, 0.5) is 5.69 Å². The minimum Gasteiger partial charge on any atom is -0.370 e. The molecule has 1 aliphatic heterocycles. The van der Waals surface area contributed by atoms with Gasteiger partial charge in [-0.05, 0) is 31.0 Å². The number of fused-ring (bicyclic) bond motifs is 1. The highest BCUT2D eigenvalue weighted by atomic mass is 32.2. The number of aromatic amines is 1. The summed E-state index contributed by atoms with van der Waals surface area (Å²) in [5.74, 6) is 0.393. The van der Waals surface area contributed by atoms with Crippen molar-refractivity contribution >= 4 is 32.7 Å². The van der Waals surface area contributed by atoms with Crippen LogP contribution in [0.25, 0.3) is 11.0 Å². The number of aromatic nitrogens is 2. The molecule has 1 atom stereocenters. The average Bonchev–Trinajstić information content (AvgIpc) is 3.14. The number of ether oxygens (including phenoxy) is 1. The van der Waals surface area contributed by atoms with Crippen molar-refractivity contribution < 1.29 is 17.9 Å². The molecule has 1 unspecified atom stereocenters. The van der Waals surface area contributed by atoms with E-state index in [0.29, 0.717) is 5.69 Å². The number of sulfonamides is 1. The minimum atomic E-state index is -3.39. The number of benzene rings is 1. The smallest absolute Gasteiger partial charge is 0.239 e. The predicted octanol–water partition coefficient (Wildman–Crippen LogP) is 1.24. The minimum absolute atomic E-state index is 0.00106. The van der Waals surface area contributed by atoms with Crippen molar-refractivity contribution in [2.45, 2.75) is 18.9 Å². The van der Waals surface area contributed by atoms with E-state index in [4.69, 9.17) is 4.74 Å². The molecule has 8 nitrogen and oxygen atoms in total.